The molecular weight excluding hydrogens is 191 g/mol. The molecule has 1 unspecified atom stereocenters. The Kier molecular flexibility index (Phi) is 6.60. The van der Waals surface area contributed by atoms with Gasteiger partial charge in [-0.3, -0.25) is 4.57 Å². The van der Waals surface area contributed by atoms with Crippen LogP contribution in [0, 0.1) is 0 Å². The highest BCUT2D eigenvalue weighted by Gasteiger charge is 2.08. The van der Waals surface area contributed by atoms with Crippen molar-refractivity contribution in [1.29, 1.82) is 0 Å². The molecule has 0 spiro atoms. The number of hydrogen-bond acceptors (Lipinski definition) is 3. The van der Waals surface area contributed by atoms with Crippen LogP contribution in [-0.2, 0) is 13.8 Å². The normalized spacial score (nSPS) is 16.1. The van der Waals surface area contributed by atoms with Crippen LogP contribution in [0.5, 0.6) is 0 Å². The largest absolute Gasteiger partial charge is 0.379 e. The molecule has 0 aliphatic carbocycles. The van der Waals surface area contributed by atoms with Crippen LogP contribution in [0.15, 0.2) is 0 Å². The van der Waals surface area contributed by atoms with Crippen molar-refractivity contribution < 1.29 is 18.7 Å². The molecule has 5 heteroatoms. The smallest absolute Gasteiger partial charge is 0.325 e. The molecule has 0 bridgehead atoms. The SMILES string of the molecule is CC(C)OCCCCOP(C)(=O)O. The van der Waals surface area contributed by atoms with Crippen molar-refractivity contribution in [2.24, 2.45) is 0 Å². The zero-order valence-corrected chi connectivity index (χ0v) is 9.42. The predicted octanol–water partition coefficient (Wildman–Crippen LogP) is 2.02. The molecule has 0 aromatic carbocycles. The molecule has 0 saturated heterocycles. The van der Waals surface area contributed by atoms with Crippen molar-refractivity contribution in [2.45, 2.75) is 32.8 Å². The summed E-state index contributed by atoms with van der Waals surface area (Å²) < 4.78 is 20.6. The maximum Gasteiger partial charge on any atom is 0.325 e. The topological polar surface area (TPSA) is 55.8 Å². The van der Waals surface area contributed by atoms with E-state index in [1.54, 1.807) is 0 Å². The summed E-state index contributed by atoms with van der Waals surface area (Å²) in [6.07, 6.45) is 1.86. The number of hydrogen-bond donors (Lipinski definition) is 1. The van der Waals surface area contributed by atoms with E-state index in [9.17, 15) is 4.57 Å². The molecule has 0 radical (unpaired) electrons. The second kappa shape index (κ2) is 6.55. The van der Waals surface area contributed by atoms with Crippen LogP contribution in [0.3, 0.4) is 0 Å². The Morgan fingerprint density at radius 1 is 1.31 bits per heavy atom. The summed E-state index contributed by atoms with van der Waals surface area (Å²) in [5.74, 6) is 0. The number of ether oxygens (including phenoxy) is 1. The fraction of sp³-hybridized carbons (Fsp3) is 1.00. The average molecular weight is 210 g/mol. The Balaban J connectivity index is 3.14. The highest BCUT2D eigenvalue weighted by atomic mass is 31.2. The third-order valence-corrected chi connectivity index (χ3v) is 1.98. The minimum atomic E-state index is -3.27. The quantitative estimate of drug-likeness (QED) is 0.516. The van der Waals surface area contributed by atoms with E-state index < -0.39 is 7.60 Å². The lowest BCUT2D eigenvalue weighted by atomic mass is 10.3. The minimum absolute atomic E-state index is 0.246. The fourth-order valence-electron chi connectivity index (χ4n) is 0.757. The van der Waals surface area contributed by atoms with E-state index in [-0.39, 0.29) is 6.10 Å². The van der Waals surface area contributed by atoms with Gasteiger partial charge in [0, 0.05) is 13.3 Å². The monoisotopic (exact) mass is 210 g/mol. The summed E-state index contributed by atoms with van der Waals surface area (Å²) >= 11 is 0. The van der Waals surface area contributed by atoms with Gasteiger partial charge in [-0.25, -0.2) is 0 Å². The minimum Gasteiger partial charge on any atom is -0.379 e. The first kappa shape index (κ1) is 13.1. The Morgan fingerprint density at radius 2 is 1.85 bits per heavy atom. The van der Waals surface area contributed by atoms with E-state index in [1.807, 2.05) is 13.8 Å². The molecule has 1 atom stereocenters. The molecule has 0 rings (SSSR count). The van der Waals surface area contributed by atoms with Crippen LogP contribution in [0.1, 0.15) is 26.7 Å². The van der Waals surface area contributed by atoms with E-state index in [0.29, 0.717) is 13.2 Å². The van der Waals surface area contributed by atoms with Gasteiger partial charge in [0.1, 0.15) is 0 Å². The van der Waals surface area contributed by atoms with Crippen molar-refractivity contribution in [3.63, 3.8) is 0 Å². The van der Waals surface area contributed by atoms with Crippen molar-refractivity contribution in [3.05, 3.63) is 0 Å². The lowest BCUT2D eigenvalue weighted by molar-refractivity contribution is 0.0735. The van der Waals surface area contributed by atoms with Crippen molar-refractivity contribution in [3.8, 4) is 0 Å². The Labute approximate surface area is 79.8 Å². The van der Waals surface area contributed by atoms with Gasteiger partial charge in [-0.15, -0.1) is 0 Å². The Hall–Kier alpha value is 0.110. The maximum absolute atomic E-state index is 10.7. The Bertz CT molecular complexity index is 164. The van der Waals surface area contributed by atoms with Gasteiger partial charge in [-0.2, -0.15) is 0 Å². The average Bonchev–Trinajstić information content (AvgIpc) is 1.93. The number of rotatable bonds is 7. The van der Waals surface area contributed by atoms with Crippen LogP contribution >= 0.6 is 7.60 Å². The highest BCUT2D eigenvalue weighted by Crippen LogP contribution is 2.36. The van der Waals surface area contributed by atoms with E-state index in [0.717, 1.165) is 12.8 Å². The van der Waals surface area contributed by atoms with Crippen molar-refractivity contribution >= 4 is 7.60 Å². The van der Waals surface area contributed by atoms with Crippen molar-refractivity contribution in [1.82, 2.24) is 0 Å². The van der Waals surface area contributed by atoms with E-state index in [1.165, 1.54) is 6.66 Å². The van der Waals surface area contributed by atoms with Gasteiger partial charge in [0.15, 0.2) is 0 Å². The molecule has 0 fully saturated rings. The van der Waals surface area contributed by atoms with E-state index in [2.05, 4.69) is 0 Å². The van der Waals surface area contributed by atoms with Gasteiger partial charge in [0.25, 0.3) is 0 Å². The fourth-order valence-corrected chi connectivity index (χ4v) is 1.22. The lowest BCUT2D eigenvalue weighted by Crippen LogP contribution is -2.04. The highest BCUT2D eigenvalue weighted by molar-refractivity contribution is 7.51. The Morgan fingerprint density at radius 3 is 2.31 bits per heavy atom. The maximum atomic E-state index is 10.7. The van der Waals surface area contributed by atoms with Crippen LogP contribution in [-0.4, -0.2) is 30.9 Å². The van der Waals surface area contributed by atoms with E-state index >= 15 is 0 Å². The van der Waals surface area contributed by atoms with Crippen LogP contribution in [0.4, 0.5) is 0 Å². The zero-order valence-electron chi connectivity index (χ0n) is 8.52. The first-order valence-electron chi connectivity index (χ1n) is 4.48. The molecule has 0 aromatic rings. The van der Waals surface area contributed by atoms with Gasteiger partial charge < -0.3 is 14.2 Å². The summed E-state index contributed by atoms with van der Waals surface area (Å²) in [6, 6.07) is 0. The van der Waals surface area contributed by atoms with Gasteiger partial charge in [0.05, 0.1) is 12.7 Å². The molecule has 13 heavy (non-hydrogen) atoms. The van der Waals surface area contributed by atoms with Gasteiger partial charge >= 0.3 is 7.60 Å². The molecule has 80 valence electrons. The summed E-state index contributed by atoms with van der Waals surface area (Å²) in [5.41, 5.74) is 0. The summed E-state index contributed by atoms with van der Waals surface area (Å²) in [7, 11) is -3.27. The second-order valence-electron chi connectivity index (χ2n) is 3.26. The second-order valence-corrected chi connectivity index (χ2v) is 5.13. The predicted molar refractivity (Wildman–Crippen MR) is 52.0 cm³/mol. The van der Waals surface area contributed by atoms with Gasteiger partial charge in [0.2, 0.25) is 0 Å². The van der Waals surface area contributed by atoms with Crippen LogP contribution < -0.4 is 0 Å². The van der Waals surface area contributed by atoms with Crippen LogP contribution in [0.25, 0.3) is 0 Å². The summed E-state index contributed by atoms with van der Waals surface area (Å²) in [4.78, 5) is 8.76. The van der Waals surface area contributed by atoms with E-state index in [4.69, 9.17) is 14.2 Å². The van der Waals surface area contributed by atoms with Crippen LogP contribution in [0.2, 0.25) is 0 Å². The first-order chi connectivity index (χ1) is 5.92. The number of unbranched alkanes of at least 4 members (excludes halogenated alkanes) is 1. The summed E-state index contributed by atoms with van der Waals surface area (Å²) in [5, 5.41) is 0. The molecule has 0 aliphatic heterocycles. The molecule has 0 heterocycles. The molecule has 1 N–H and O–H groups in total. The molecule has 4 nitrogen and oxygen atoms in total. The first-order valence-corrected chi connectivity index (χ1v) is 6.50. The standard InChI is InChI=1S/C8H19O4P/c1-8(2)11-6-4-5-7-12-13(3,9)10/h8H,4-7H2,1-3H3,(H,9,10). The molecular formula is C8H19O4P. The third-order valence-electron chi connectivity index (χ3n) is 1.32. The van der Waals surface area contributed by atoms with Crippen molar-refractivity contribution in [2.75, 3.05) is 19.9 Å². The molecule has 0 amide bonds. The van der Waals surface area contributed by atoms with Gasteiger partial charge in [-0.1, -0.05) is 0 Å². The molecule has 0 aromatic heterocycles. The zero-order chi connectivity index (χ0) is 10.3. The molecule has 0 aliphatic rings. The lowest BCUT2D eigenvalue weighted by Gasteiger charge is -2.08. The molecule has 0 saturated carbocycles. The third kappa shape index (κ3) is 12.1. The van der Waals surface area contributed by atoms with Gasteiger partial charge in [-0.05, 0) is 26.7 Å². The summed E-state index contributed by atoms with van der Waals surface area (Å²) in [6.45, 7) is 6.15.